The lowest BCUT2D eigenvalue weighted by molar-refractivity contribution is 0.0675. The number of pyridine rings is 1. The van der Waals surface area contributed by atoms with E-state index >= 15 is 0 Å². The molecule has 0 fully saturated rings. The van der Waals surface area contributed by atoms with Gasteiger partial charge in [-0.25, -0.2) is 9.69 Å². The number of rotatable bonds is 12. The van der Waals surface area contributed by atoms with Crippen LogP contribution in [0, 0.1) is 0 Å². The van der Waals surface area contributed by atoms with Gasteiger partial charge < -0.3 is 19.1 Å². The number of carbonyl (C=O) groups is 1. The van der Waals surface area contributed by atoms with Crippen LogP contribution < -0.4 is 14.5 Å². The standard InChI is InChI=1S/C46H45N9O2/c1-5-51(6-2)35-20-22-40-43(25-35)57-44-26-36(52(7-3)8-4)21-23-41(44)46(40)39-18-11-9-17-38(39)45(56)55(46)48-27-32-28-53(42-19-12-10-16-37(32)42)29-34-31-54(50-49-34)30-33-15-13-14-24-47-33/h9-28,31H,5-8,29-30H2,1-4H3/b48-27+. The van der Waals surface area contributed by atoms with Gasteiger partial charge >= 0.3 is 0 Å². The molecule has 5 heterocycles. The van der Waals surface area contributed by atoms with E-state index in [1.807, 2.05) is 60.9 Å². The Morgan fingerprint density at radius 3 is 2.07 bits per heavy atom. The summed E-state index contributed by atoms with van der Waals surface area (Å²) >= 11 is 0. The van der Waals surface area contributed by atoms with Gasteiger partial charge in [0.05, 0.1) is 31.2 Å². The van der Waals surface area contributed by atoms with Crippen molar-refractivity contribution in [3.8, 4) is 11.5 Å². The van der Waals surface area contributed by atoms with E-state index in [0.717, 1.165) is 82.1 Å². The van der Waals surface area contributed by atoms with Crippen LogP contribution in [-0.2, 0) is 18.6 Å². The number of fused-ring (bicyclic) bond motifs is 7. The molecule has 1 spiro atoms. The summed E-state index contributed by atoms with van der Waals surface area (Å²) in [5.74, 6) is 1.25. The summed E-state index contributed by atoms with van der Waals surface area (Å²) in [7, 11) is 0. The van der Waals surface area contributed by atoms with Gasteiger partial charge in [-0.3, -0.25) is 9.78 Å². The molecule has 1 amide bonds. The highest BCUT2D eigenvalue weighted by atomic mass is 16.5. The van der Waals surface area contributed by atoms with E-state index in [2.05, 4.69) is 118 Å². The number of ether oxygens (including phenoxy) is 1. The van der Waals surface area contributed by atoms with Gasteiger partial charge in [0.15, 0.2) is 0 Å². The molecule has 0 aliphatic carbocycles. The summed E-state index contributed by atoms with van der Waals surface area (Å²) < 4.78 is 10.8. The van der Waals surface area contributed by atoms with Gasteiger partial charge in [-0.05, 0) is 64.1 Å². The number of hydrogen-bond acceptors (Lipinski definition) is 8. The molecule has 0 bridgehead atoms. The van der Waals surface area contributed by atoms with Crippen molar-refractivity contribution in [1.29, 1.82) is 0 Å². The summed E-state index contributed by atoms with van der Waals surface area (Å²) in [6.07, 6.45) is 7.64. The number of benzene rings is 4. The number of hydrogen-bond donors (Lipinski definition) is 0. The van der Waals surface area contributed by atoms with E-state index in [9.17, 15) is 4.79 Å². The van der Waals surface area contributed by atoms with Crippen LogP contribution in [0.25, 0.3) is 10.9 Å². The van der Waals surface area contributed by atoms with Gasteiger partial charge in [0.2, 0.25) is 0 Å². The Labute approximate surface area is 332 Å². The number of carbonyl (C=O) groups excluding carboxylic acids is 1. The fourth-order valence-corrected chi connectivity index (χ4v) is 8.60. The summed E-state index contributed by atoms with van der Waals surface area (Å²) in [5, 5.41) is 16.7. The molecule has 11 nitrogen and oxygen atoms in total. The first-order chi connectivity index (χ1) is 28.0. The maximum Gasteiger partial charge on any atom is 0.275 e. The Balaban J connectivity index is 1.16. The van der Waals surface area contributed by atoms with Crippen molar-refractivity contribution in [2.24, 2.45) is 5.10 Å². The number of aromatic nitrogens is 5. The van der Waals surface area contributed by atoms with Crippen molar-refractivity contribution < 1.29 is 9.53 Å². The zero-order valence-corrected chi connectivity index (χ0v) is 32.7. The predicted molar refractivity (Wildman–Crippen MR) is 225 cm³/mol. The molecule has 286 valence electrons. The number of para-hydroxylation sites is 1. The predicted octanol–water partition coefficient (Wildman–Crippen LogP) is 8.30. The van der Waals surface area contributed by atoms with E-state index in [0.29, 0.717) is 30.2 Å². The van der Waals surface area contributed by atoms with Crippen LogP contribution >= 0.6 is 0 Å². The maximum atomic E-state index is 14.8. The van der Waals surface area contributed by atoms with Gasteiger partial charge in [-0.15, -0.1) is 5.10 Å². The molecule has 4 aromatic carbocycles. The van der Waals surface area contributed by atoms with Crippen LogP contribution in [0.3, 0.4) is 0 Å². The molecule has 0 N–H and O–H groups in total. The van der Waals surface area contributed by atoms with Gasteiger partial charge in [-0.1, -0.05) is 59.8 Å². The van der Waals surface area contributed by atoms with Crippen molar-refractivity contribution >= 4 is 34.4 Å². The van der Waals surface area contributed by atoms with Crippen molar-refractivity contribution in [3.63, 3.8) is 0 Å². The molecule has 7 aromatic rings. The van der Waals surface area contributed by atoms with Crippen LogP contribution in [0.15, 0.2) is 127 Å². The van der Waals surface area contributed by atoms with Crippen LogP contribution in [0.4, 0.5) is 11.4 Å². The molecule has 3 aromatic heterocycles. The average molecular weight is 756 g/mol. The monoisotopic (exact) mass is 755 g/mol. The molecule has 2 aliphatic rings. The van der Waals surface area contributed by atoms with Crippen LogP contribution in [0.5, 0.6) is 11.5 Å². The second-order valence-electron chi connectivity index (χ2n) is 14.4. The van der Waals surface area contributed by atoms with Crippen LogP contribution in [0.1, 0.15) is 71.7 Å². The Morgan fingerprint density at radius 1 is 0.719 bits per heavy atom. The largest absolute Gasteiger partial charge is 0.456 e. The van der Waals surface area contributed by atoms with Crippen molar-refractivity contribution in [2.75, 3.05) is 36.0 Å². The number of hydrazone groups is 1. The van der Waals surface area contributed by atoms with E-state index in [4.69, 9.17) is 9.84 Å². The highest BCUT2D eigenvalue weighted by Crippen LogP contribution is 2.58. The van der Waals surface area contributed by atoms with Crippen molar-refractivity contribution in [1.82, 2.24) is 29.6 Å². The third-order valence-electron chi connectivity index (χ3n) is 11.3. The topological polar surface area (TPSA) is 96.9 Å². The highest BCUT2D eigenvalue weighted by Gasteiger charge is 2.57. The van der Waals surface area contributed by atoms with E-state index in [1.54, 1.807) is 15.9 Å². The molecule has 0 unspecified atom stereocenters. The Kier molecular flexibility index (Phi) is 9.28. The molecule has 11 heteroatoms. The van der Waals surface area contributed by atoms with Gasteiger partial charge in [0.1, 0.15) is 22.7 Å². The van der Waals surface area contributed by atoms with E-state index in [1.165, 1.54) is 0 Å². The molecule has 0 radical (unpaired) electrons. The molecule has 0 atom stereocenters. The fraction of sp³-hybridized carbons (Fsp3) is 0.239. The maximum absolute atomic E-state index is 14.8. The second-order valence-corrected chi connectivity index (χ2v) is 14.4. The first-order valence-corrected chi connectivity index (χ1v) is 19.8. The Hall–Kier alpha value is -6.75. The zero-order valence-electron chi connectivity index (χ0n) is 32.7. The summed E-state index contributed by atoms with van der Waals surface area (Å²) in [4.78, 5) is 23.9. The molecular formula is C46H45N9O2. The Bertz CT molecular complexity index is 2560. The number of amides is 1. The third kappa shape index (κ3) is 6.01. The second kappa shape index (κ2) is 14.7. The highest BCUT2D eigenvalue weighted by molar-refractivity contribution is 6.04. The van der Waals surface area contributed by atoms with Gasteiger partial charge in [0, 0.05) is 101 Å². The van der Waals surface area contributed by atoms with E-state index < -0.39 is 5.54 Å². The lowest BCUT2D eigenvalue weighted by Gasteiger charge is -2.42. The SMILES string of the molecule is CCN(CC)c1ccc2c(c1)Oc1cc(N(CC)CC)ccc1C21c2ccccc2C(=O)N1/N=C/c1cn(Cc2cn(Cc3ccccn3)nn2)c2ccccc12. The number of anilines is 2. The van der Waals surface area contributed by atoms with Crippen LogP contribution in [-0.4, -0.2) is 67.9 Å². The normalized spacial score (nSPS) is 13.9. The molecule has 57 heavy (non-hydrogen) atoms. The first kappa shape index (κ1) is 35.9. The summed E-state index contributed by atoms with van der Waals surface area (Å²) in [6, 6.07) is 34.7. The van der Waals surface area contributed by atoms with Crippen molar-refractivity contribution in [3.05, 3.63) is 161 Å². The minimum Gasteiger partial charge on any atom is -0.456 e. The fourth-order valence-electron chi connectivity index (χ4n) is 8.60. The van der Waals surface area contributed by atoms with Crippen molar-refractivity contribution in [2.45, 2.75) is 46.3 Å². The summed E-state index contributed by atoms with van der Waals surface area (Å²) in [6.45, 7) is 13.1. The third-order valence-corrected chi connectivity index (χ3v) is 11.3. The zero-order chi connectivity index (χ0) is 39.1. The average Bonchev–Trinajstić information content (AvgIpc) is 3.91. The Morgan fingerprint density at radius 2 is 1.39 bits per heavy atom. The van der Waals surface area contributed by atoms with Gasteiger partial charge in [0.25, 0.3) is 5.91 Å². The smallest absolute Gasteiger partial charge is 0.275 e. The summed E-state index contributed by atoms with van der Waals surface area (Å²) in [5.41, 5.74) is 7.92. The molecule has 9 rings (SSSR count). The minimum atomic E-state index is -1.08. The minimum absolute atomic E-state index is 0.172. The lowest BCUT2D eigenvalue weighted by atomic mass is 9.75. The molecule has 0 saturated carbocycles. The van der Waals surface area contributed by atoms with Gasteiger partial charge in [-0.2, -0.15) is 5.10 Å². The first-order valence-electron chi connectivity index (χ1n) is 19.8. The van der Waals surface area contributed by atoms with Crippen LogP contribution in [0.2, 0.25) is 0 Å². The quantitative estimate of drug-likeness (QED) is 0.116. The molecular weight excluding hydrogens is 711 g/mol. The molecule has 0 saturated heterocycles. The number of nitrogens with zero attached hydrogens (tertiary/aromatic N) is 9. The van der Waals surface area contributed by atoms with E-state index in [-0.39, 0.29) is 5.91 Å². The lowest BCUT2D eigenvalue weighted by Crippen LogP contribution is -2.44. The molecule has 2 aliphatic heterocycles.